The topological polar surface area (TPSA) is 24.5 Å². The summed E-state index contributed by atoms with van der Waals surface area (Å²) in [5.74, 6) is 0.917. The summed E-state index contributed by atoms with van der Waals surface area (Å²) >= 11 is 0. The van der Waals surface area contributed by atoms with Crippen molar-refractivity contribution < 1.29 is 4.74 Å². The van der Waals surface area contributed by atoms with Gasteiger partial charge in [0, 0.05) is 25.2 Å². The lowest BCUT2D eigenvalue weighted by atomic mass is 9.76. The number of morpholine rings is 1. The molecule has 1 saturated carbocycles. The smallest absolute Gasteiger partial charge is 0.0594 e. The Morgan fingerprint density at radius 1 is 1.00 bits per heavy atom. The van der Waals surface area contributed by atoms with Crippen molar-refractivity contribution in [1.29, 1.82) is 0 Å². The molecule has 3 unspecified atom stereocenters. The van der Waals surface area contributed by atoms with Crippen LogP contribution in [0.5, 0.6) is 0 Å². The molecule has 0 aromatic carbocycles. The highest BCUT2D eigenvalue weighted by atomic mass is 16.5. The van der Waals surface area contributed by atoms with Crippen LogP contribution >= 0.6 is 0 Å². The highest BCUT2D eigenvalue weighted by molar-refractivity contribution is 4.94. The minimum absolute atomic E-state index is 0.815. The molecule has 1 aliphatic carbocycles. The van der Waals surface area contributed by atoms with E-state index in [1.807, 2.05) is 0 Å². The molecule has 0 bridgehead atoms. The number of hydrogen-bond acceptors (Lipinski definition) is 3. The lowest BCUT2D eigenvalue weighted by Gasteiger charge is -2.47. The van der Waals surface area contributed by atoms with Gasteiger partial charge in [-0.1, -0.05) is 12.8 Å². The monoisotopic (exact) mass is 224 g/mol. The molecule has 0 aromatic heterocycles. The summed E-state index contributed by atoms with van der Waals surface area (Å²) in [5, 5.41) is 3.73. The standard InChI is InChI=1S/C13H24N2O/c1-2-4-12-11(3-1)13(5-6-14-12)15-7-9-16-10-8-15/h11-14H,1-10H2. The van der Waals surface area contributed by atoms with E-state index in [0.29, 0.717) is 0 Å². The first kappa shape index (κ1) is 11.0. The number of hydrogen-bond donors (Lipinski definition) is 1. The van der Waals surface area contributed by atoms with E-state index < -0.39 is 0 Å². The molecule has 0 radical (unpaired) electrons. The number of nitrogens with one attached hydrogen (secondary N) is 1. The number of nitrogens with zero attached hydrogens (tertiary/aromatic N) is 1. The van der Waals surface area contributed by atoms with Crippen LogP contribution < -0.4 is 5.32 Å². The van der Waals surface area contributed by atoms with Gasteiger partial charge < -0.3 is 10.1 Å². The molecule has 3 rings (SSSR count). The SMILES string of the molecule is C1CCC2C(C1)NCCC2N1CCOCC1. The van der Waals surface area contributed by atoms with Gasteiger partial charge in [0.1, 0.15) is 0 Å². The van der Waals surface area contributed by atoms with Gasteiger partial charge in [-0.3, -0.25) is 4.90 Å². The van der Waals surface area contributed by atoms with E-state index in [2.05, 4.69) is 10.2 Å². The van der Waals surface area contributed by atoms with E-state index in [0.717, 1.165) is 44.3 Å². The Hall–Kier alpha value is -0.120. The molecule has 92 valence electrons. The summed E-state index contributed by atoms with van der Waals surface area (Å²) in [6.45, 7) is 5.44. The Labute approximate surface area is 98.5 Å². The van der Waals surface area contributed by atoms with Crippen molar-refractivity contribution in [1.82, 2.24) is 10.2 Å². The van der Waals surface area contributed by atoms with Crippen molar-refractivity contribution in [3.05, 3.63) is 0 Å². The number of ether oxygens (including phenoxy) is 1. The molecule has 3 fully saturated rings. The molecule has 0 aromatic rings. The third-order valence-electron chi connectivity index (χ3n) is 4.67. The predicted octanol–water partition coefficient (Wildman–Crippen LogP) is 1.24. The largest absolute Gasteiger partial charge is 0.379 e. The Morgan fingerprint density at radius 3 is 2.69 bits per heavy atom. The first-order chi connectivity index (χ1) is 7.95. The molecule has 2 aliphatic heterocycles. The van der Waals surface area contributed by atoms with E-state index in [9.17, 15) is 0 Å². The van der Waals surface area contributed by atoms with Crippen LogP contribution in [0.1, 0.15) is 32.1 Å². The normalized spacial score (nSPS) is 41.6. The Balaban J connectivity index is 1.67. The van der Waals surface area contributed by atoms with Gasteiger partial charge in [0.2, 0.25) is 0 Å². The van der Waals surface area contributed by atoms with Crippen molar-refractivity contribution in [2.24, 2.45) is 5.92 Å². The molecule has 3 nitrogen and oxygen atoms in total. The van der Waals surface area contributed by atoms with Crippen LogP contribution in [0, 0.1) is 5.92 Å². The number of rotatable bonds is 1. The van der Waals surface area contributed by atoms with Crippen LogP contribution in [0.3, 0.4) is 0 Å². The van der Waals surface area contributed by atoms with Gasteiger partial charge in [-0.15, -0.1) is 0 Å². The minimum atomic E-state index is 0.815. The lowest BCUT2D eigenvalue weighted by molar-refractivity contribution is -0.0186. The zero-order valence-electron chi connectivity index (χ0n) is 10.2. The minimum Gasteiger partial charge on any atom is -0.379 e. The van der Waals surface area contributed by atoms with Crippen LogP contribution in [-0.2, 0) is 4.74 Å². The second kappa shape index (κ2) is 5.03. The molecule has 2 saturated heterocycles. The van der Waals surface area contributed by atoms with Gasteiger partial charge in [0.05, 0.1) is 13.2 Å². The second-order valence-electron chi connectivity index (χ2n) is 5.51. The van der Waals surface area contributed by atoms with Crippen LogP contribution in [0.25, 0.3) is 0 Å². The summed E-state index contributed by atoms with van der Waals surface area (Å²) in [6, 6.07) is 1.66. The van der Waals surface area contributed by atoms with E-state index in [-0.39, 0.29) is 0 Å². The zero-order chi connectivity index (χ0) is 10.8. The fourth-order valence-electron chi connectivity index (χ4n) is 3.87. The second-order valence-corrected chi connectivity index (χ2v) is 5.51. The molecule has 0 spiro atoms. The summed E-state index contributed by atoms with van der Waals surface area (Å²) in [7, 11) is 0. The van der Waals surface area contributed by atoms with Crippen molar-refractivity contribution in [2.45, 2.75) is 44.2 Å². The number of piperidine rings is 1. The third-order valence-corrected chi connectivity index (χ3v) is 4.67. The molecule has 1 N–H and O–H groups in total. The van der Waals surface area contributed by atoms with Crippen LogP contribution in [0.4, 0.5) is 0 Å². The fourth-order valence-corrected chi connectivity index (χ4v) is 3.87. The predicted molar refractivity (Wildman–Crippen MR) is 64.5 cm³/mol. The van der Waals surface area contributed by atoms with Crippen LogP contribution in [0.15, 0.2) is 0 Å². The van der Waals surface area contributed by atoms with Gasteiger partial charge >= 0.3 is 0 Å². The number of fused-ring (bicyclic) bond motifs is 1. The Kier molecular flexibility index (Phi) is 3.46. The summed E-state index contributed by atoms with van der Waals surface area (Å²) < 4.78 is 5.47. The average molecular weight is 224 g/mol. The first-order valence-corrected chi connectivity index (χ1v) is 7.00. The fraction of sp³-hybridized carbons (Fsp3) is 1.00. The van der Waals surface area contributed by atoms with Gasteiger partial charge in [-0.25, -0.2) is 0 Å². The van der Waals surface area contributed by atoms with Gasteiger partial charge in [0.25, 0.3) is 0 Å². The maximum atomic E-state index is 5.47. The highest BCUT2D eigenvalue weighted by Crippen LogP contribution is 2.33. The van der Waals surface area contributed by atoms with Crippen molar-refractivity contribution in [3.63, 3.8) is 0 Å². The molecular weight excluding hydrogens is 200 g/mol. The molecule has 3 aliphatic rings. The quantitative estimate of drug-likeness (QED) is 0.725. The molecule has 16 heavy (non-hydrogen) atoms. The first-order valence-electron chi connectivity index (χ1n) is 7.00. The average Bonchev–Trinajstić information content (AvgIpc) is 2.39. The van der Waals surface area contributed by atoms with Gasteiger partial charge in [-0.2, -0.15) is 0 Å². The van der Waals surface area contributed by atoms with Crippen molar-refractivity contribution in [2.75, 3.05) is 32.8 Å². The van der Waals surface area contributed by atoms with E-state index >= 15 is 0 Å². The highest BCUT2D eigenvalue weighted by Gasteiger charge is 2.37. The van der Waals surface area contributed by atoms with E-state index in [4.69, 9.17) is 4.74 Å². The molecule has 2 heterocycles. The summed E-state index contributed by atoms with van der Waals surface area (Å²) in [5.41, 5.74) is 0. The molecule has 0 amide bonds. The third kappa shape index (κ3) is 2.13. The van der Waals surface area contributed by atoms with Gasteiger partial charge in [0.15, 0.2) is 0 Å². The molecule has 3 atom stereocenters. The Morgan fingerprint density at radius 2 is 1.81 bits per heavy atom. The summed E-state index contributed by atoms with van der Waals surface area (Å²) in [6.07, 6.45) is 7.08. The Bertz CT molecular complexity index is 226. The van der Waals surface area contributed by atoms with E-state index in [1.165, 1.54) is 38.6 Å². The van der Waals surface area contributed by atoms with Gasteiger partial charge in [-0.05, 0) is 31.7 Å². The maximum absolute atomic E-state index is 5.47. The lowest BCUT2D eigenvalue weighted by Crippen LogP contribution is -2.57. The zero-order valence-corrected chi connectivity index (χ0v) is 10.2. The van der Waals surface area contributed by atoms with E-state index in [1.54, 1.807) is 0 Å². The van der Waals surface area contributed by atoms with Crippen LogP contribution in [0.2, 0.25) is 0 Å². The molecular formula is C13H24N2O. The van der Waals surface area contributed by atoms with Crippen LogP contribution in [-0.4, -0.2) is 49.8 Å². The summed E-state index contributed by atoms with van der Waals surface area (Å²) in [4.78, 5) is 2.70. The van der Waals surface area contributed by atoms with Crippen molar-refractivity contribution >= 4 is 0 Å². The van der Waals surface area contributed by atoms with Crippen molar-refractivity contribution in [3.8, 4) is 0 Å². The molecule has 3 heteroatoms. The maximum Gasteiger partial charge on any atom is 0.0594 e.